The monoisotopic (exact) mass is 541 g/mol. The zero-order valence-electron chi connectivity index (χ0n) is 19.8. The molecule has 0 fully saturated rings. The number of aliphatic hydroxyl groups is 1. The van der Waals surface area contributed by atoms with Gasteiger partial charge < -0.3 is 9.84 Å². The fourth-order valence-corrected chi connectivity index (χ4v) is 4.78. The minimum absolute atomic E-state index is 0.236. The molecule has 0 amide bonds. The van der Waals surface area contributed by atoms with E-state index in [0.29, 0.717) is 42.3 Å². The number of rotatable bonds is 12. The largest absolute Gasteiger partial charge is 0.493 e. The Morgan fingerprint density at radius 1 is 1.03 bits per heavy atom. The normalized spacial score (nSPS) is 11.8. The molecule has 0 saturated carbocycles. The summed E-state index contributed by atoms with van der Waals surface area (Å²) in [6, 6.07) is 16.7. The lowest BCUT2D eigenvalue weighted by Gasteiger charge is -2.24. The Kier molecular flexibility index (Phi) is 10.5. The quantitative estimate of drug-likeness (QED) is 0.149. The average Bonchev–Trinajstić information content (AvgIpc) is 2.85. The number of hydrogen-bond acceptors (Lipinski definition) is 4. The minimum atomic E-state index is -4.52. The Balaban J connectivity index is 1.67. The number of benzene rings is 3. The van der Waals surface area contributed by atoms with Gasteiger partial charge in [-0.2, -0.15) is 13.2 Å². The summed E-state index contributed by atoms with van der Waals surface area (Å²) in [4.78, 5) is 2.65. The molecule has 194 valence electrons. The van der Waals surface area contributed by atoms with Gasteiger partial charge in [0.2, 0.25) is 0 Å². The van der Waals surface area contributed by atoms with Crippen LogP contribution in [0.1, 0.15) is 28.7 Å². The first-order chi connectivity index (χ1) is 17.2. The molecule has 1 N–H and O–H groups in total. The predicted octanol–water partition coefficient (Wildman–Crippen LogP) is 7.23. The molecule has 0 bridgehead atoms. The van der Waals surface area contributed by atoms with E-state index in [9.17, 15) is 22.7 Å². The van der Waals surface area contributed by atoms with Crippen LogP contribution in [-0.4, -0.2) is 36.0 Å². The van der Waals surface area contributed by atoms with Crippen LogP contribution in [0.2, 0.25) is 5.02 Å². The summed E-state index contributed by atoms with van der Waals surface area (Å²) in [5, 5.41) is 9.08. The lowest BCUT2D eigenvalue weighted by atomic mass is 10.1. The maximum absolute atomic E-state index is 14.2. The van der Waals surface area contributed by atoms with Crippen molar-refractivity contribution in [3.05, 3.63) is 93.8 Å². The molecule has 3 nitrogen and oxygen atoms in total. The fraction of sp³-hybridized carbons (Fsp3) is 0.333. The third-order valence-electron chi connectivity index (χ3n) is 5.73. The fourth-order valence-electron chi connectivity index (χ4n) is 3.85. The average molecular weight is 542 g/mol. The van der Waals surface area contributed by atoms with Gasteiger partial charge >= 0.3 is 6.18 Å². The lowest BCUT2D eigenvalue weighted by molar-refractivity contribution is -0.137. The van der Waals surface area contributed by atoms with Gasteiger partial charge in [0.15, 0.2) is 0 Å². The van der Waals surface area contributed by atoms with Crippen molar-refractivity contribution in [2.45, 2.75) is 37.1 Å². The SMILES string of the molecule is CSc1cc(OCCCN(CCc2ccccc2)Cc2cccc(C(F)(F)F)c2Cl)cc(F)c1CO. The van der Waals surface area contributed by atoms with E-state index in [1.165, 1.54) is 23.9 Å². The van der Waals surface area contributed by atoms with E-state index < -0.39 is 24.2 Å². The Labute approximate surface area is 218 Å². The molecule has 3 rings (SSSR count). The number of hydrogen-bond donors (Lipinski definition) is 1. The molecule has 9 heteroatoms. The highest BCUT2D eigenvalue weighted by Crippen LogP contribution is 2.36. The maximum atomic E-state index is 14.2. The Bertz CT molecular complexity index is 1130. The van der Waals surface area contributed by atoms with Crippen LogP contribution in [0.4, 0.5) is 17.6 Å². The van der Waals surface area contributed by atoms with Crippen molar-refractivity contribution in [3.8, 4) is 5.75 Å². The molecular formula is C27H28ClF4NO2S. The van der Waals surface area contributed by atoms with E-state index in [1.54, 1.807) is 18.4 Å². The molecule has 0 aliphatic carbocycles. The predicted molar refractivity (Wildman–Crippen MR) is 136 cm³/mol. The van der Waals surface area contributed by atoms with Gasteiger partial charge in [0, 0.05) is 36.2 Å². The minimum Gasteiger partial charge on any atom is -0.493 e. The van der Waals surface area contributed by atoms with Crippen LogP contribution in [0.15, 0.2) is 65.6 Å². The lowest BCUT2D eigenvalue weighted by Crippen LogP contribution is -2.28. The van der Waals surface area contributed by atoms with Crippen LogP contribution in [0, 0.1) is 5.82 Å². The van der Waals surface area contributed by atoms with Crippen LogP contribution in [0.5, 0.6) is 5.75 Å². The molecular weight excluding hydrogens is 514 g/mol. The molecule has 0 aliphatic rings. The summed E-state index contributed by atoms with van der Waals surface area (Å²) in [6.07, 6.45) is -1.43. The second kappa shape index (κ2) is 13.3. The van der Waals surface area contributed by atoms with Crippen LogP contribution in [0.25, 0.3) is 0 Å². The van der Waals surface area contributed by atoms with Gasteiger partial charge in [0.05, 0.1) is 23.8 Å². The number of thioether (sulfide) groups is 1. The zero-order chi connectivity index (χ0) is 26.1. The van der Waals surface area contributed by atoms with Gasteiger partial charge in [-0.3, -0.25) is 4.90 Å². The molecule has 36 heavy (non-hydrogen) atoms. The van der Waals surface area contributed by atoms with E-state index in [-0.39, 0.29) is 17.1 Å². The van der Waals surface area contributed by atoms with Gasteiger partial charge in [-0.25, -0.2) is 4.39 Å². The van der Waals surface area contributed by atoms with Crippen molar-refractivity contribution >= 4 is 23.4 Å². The van der Waals surface area contributed by atoms with Crippen LogP contribution >= 0.6 is 23.4 Å². The van der Waals surface area contributed by atoms with E-state index in [2.05, 4.69) is 0 Å². The highest BCUT2D eigenvalue weighted by molar-refractivity contribution is 7.98. The van der Waals surface area contributed by atoms with Crippen LogP contribution in [-0.2, 0) is 25.7 Å². The van der Waals surface area contributed by atoms with Crippen molar-refractivity contribution in [2.24, 2.45) is 0 Å². The number of nitrogens with zero attached hydrogens (tertiary/aromatic N) is 1. The molecule has 0 heterocycles. The standard InChI is InChI=1S/C27H28ClF4NO2S/c1-36-25-16-21(15-24(29)22(25)18-34)35-14-6-12-33(13-11-19-7-3-2-4-8-19)17-20-9-5-10-23(26(20)28)27(30,31)32/h2-5,7-10,15-16,34H,6,11-14,17-18H2,1H3. The van der Waals surface area contributed by atoms with E-state index in [4.69, 9.17) is 16.3 Å². The Morgan fingerprint density at radius 3 is 2.44 bits per heavy atom. The van der Waals surface area contributed by atoms with Gasteiger partial charge in [0.25, 0.3) is 0 Å². The maximum Gasteiger partial charge on any atom is 0.417 e. The molecule has 0 atom stereocenters. The molecule has 0 radical (unpaired) electrons. The summed E-state index contributed by atoms with van der Waals surface area (Å²) in [7, 11) is 0. The third-order valence-corrected chi connectivity index (χ3v) is 6.98. The molecule has 0 aromatic heterocycles. The molecule has 3 aromatic carbocycles. The summed E-state index contributed by atoms with van der Waals surface area (Å²) >= 11 is 7.46. The first-order valence-corrected chi connectivity index (χ1v) is 13.0. The van der Waals surface area contributed by atoms with Crippen molar-refractivity contribution < 1.29 is 27.4 Å². The van der Waals surface area contributed by atoms with Gasteiger partial charge in [0.1, 0.15) is 11.6 Å². The zero-order valence-corrected chi connectivity index (χ0v) is 21.4. The number of halogens is 5. The van der Waals surface area contributed by atoms with Crippen molar-refractivity contribution in [1.82, 2.24) is 4.90 Å². The van der Waals surface area contributed by atoms with E-state index in [1.807, 2.05) is 35.2 Å². The topological polar surface area (TPSA) is 32.7 Å². The van der Waals surface area contributed by atoms with Crippen molar-refractivity contribution in [3.63, 3.8) is 0 Å². The smallest absolute Gasteiger partial charge is 0.417 e. The summed E-state index contributed by atoms with van der Waals surface area (Å²) in [5.41, 5.74) is 0.926. The first kappa shape index (κ1) is 28.3. The highest BCUT2D eigenvalue weighted by atomic mass is 35.5. The van der Waals surface area contributed by atoms with E-state index >= 15 is 0 Å². The first-order valence-electron chi connectivity index (χ1n) is 11.4. The number of alkyl halides is 3. The van der Waals surface area contributed by atoms with E-state index in [0.717, 1.165) is 18.1 Å². The third kappa shape index (κ3) is 7.87. The molecule has 0 aliphatic heterocycles. The number of ether oxygens (including phenoxy) is 1. The second-order valence-corrected chi connectivity index (χ2v) is 9.46. The van der Waals surface area contributed by atoms with Crippen LogP contribution in [0.3, 0.4) is 0 Å². The summed E-state index contributed by atoms with van der Waals surface area (Å²) < 4.78 is 59.9. The van der Waals surface area contributed by atoms with Gasteiger partial charge in [-0.15, -0.1) is 11.8 Å². The van der Waals surface area contributed by atoms with Crippen molar-refractivity contribution in [2.75, 3.05) is 26.0 Å². The number of aliphatic hydroxyl groups excluding tert-OH is 1. The van der Waals surface area contributed by atoms with Gasteiger partial charge in [-0.1, -0.05) is 54.1 Å². The molecule has 0 unspecified atom stereocenters. The summed E-state index contributed by atoms with van der Waals surface area (Å²) in [5.74, 6) is -0.158. The molecule has 0 saturated heterocycles. The summed E-state index contributed by atoms with van der Waals surface area (Å²) in [6.45, 7) is 1.33. The Hall–Kier alpha value is -2.26. The van der Waals surface area contributed by atoms with Gasteiger partial charge in [-0.05, 0) is 42.4 Å². The Morgan fingerprint density at radius 2 is 1.78 bits per heavy atom. The second-order valence-electron chi connectivity index (χ2n) is 8.23. The van der Waals surface area contributed by atoms with Crippen molar-refractivity contribution in [1.29, 1.82) is 0 Å². The highest BCUT2D eigenvalue weighted by Gasteiger charge is 2.33. The molecule has 0 spiro atoms. The van der Waals surface area contributed by atoms with Crippen LogP contribution < -0.4 is 4.74 Å². The molecule has 3 aromatic rings.